The maximum atomic E-state index is 12.5. The number of amides is 1. The standard InChI is InChI=1S/C18H23N3OS/c1-18(2)10-13(19)8-9-15(18)21-16(22)17-20-11-14(23-17)12-6-4-3-5-7-12/h3-7,11,13,15H,8-10,19H2,1-2H3,(H,21,22). The Bertz CT molecular complexity index is 681. The van der Waals surface area contributed by atoms with Gasteiger partial charge in [-0.25, -0.2) is 4.98 Å². The van der Waals surface area contributed by atoms with Gasteiger partial charge in [0.05, 0.1) is 4.88 Å². The number of nitrogens with two attached hydrogens (primary N) is 1. The third kappa shape index (κ3) is 3.62. The molecule has 2 unspecified atom stereocenters. The summed E-state index contributed by atoms with van der Waals surface area (Å²) < 4.78 is 0. The number of hydrogen-bond donors (Lipinski definition) is 2. The van der Waals surface area contributed by atoms with Crippen molar-refractivity contribution >= 4 is 17.2 Å². The van der Waals surface area contributed by atoms with Crippen molar-refractivity contribution in [2.75, 3.05) is 0 Å². The highest BCUT2D eigenvalue weighted by Crippen LogP contribution is 2.35. The van der Waals surface area contributed by atoms with Crippen LogP contribution in [0.5, 0.6) is 0 Å². The van der Waals surface area contributed by atoms with Crippen molar-refractivity contribution in [3.05, 3.63) is 41.5 Å². The van der Waals surface area contributed by atoms with Gasteiger partial charge >= 0.3 is 0 Å². The molecule has 4 nitrogen and oxygen atoms in total. The maximum absolute atomic E-state index is 12.5. The van der Waals surface area contributed by atoms with Crippen LogP contribution in [0.4, 0.5) is 0 Å². The van der Waals surface area contributed by atoms with E-state index in [0.29, 0.717) is 5.01 Å². The first-order chi connectivity index (χ1) is 11.0. The second-order valence-corrected chi connectivity index (χ2v) is 7.98. The largest absolute Gasteiger partial charge is 0.347 e. The first-order valence-corrected chi connectivity index (χ1v) is 8.85. The van der Waals surface area contributed by atoms with E-state index in [4.69, 9.17) is 5.73 Å². The van der Waals surface area contributed by atoms with Gasteiger partial charge in [0.2, 0.25) is 0 Å². The van der Waals surface area contributed by atoms with Crippen LogP contribution in [0.1, 0.15) is 42.9 Å². The molecule has 1 aliphatic carbocycles. The lowest BCUT2D eigenvalue weighted by Gasteiger charge is -2.41. The molecule has 1 aromatic carbocycles. The molecule has 0 aliphatic heterocycles. The summed E-state index contributed by atoms with van der Waals surface area (Å²) in [6, 6.07) is 10.4. The predicted molar refractivity (Wildman–Crippen MR) is 94.4 cm³/mol. The molecule has 2 atom stereocenters. The Hall–Kier alpha value is -1.72. The summed E-state index contributed by atoms with van der Waals surface area (Å²) >= 11 is 1.44. The van der Waals surface area contributed by atoms with E-state index in [1.165, 1.54) is 11.3 Å². The van der Waals surface area contributed by atoms with Gasteiger partial charge in [-0.05, 0) is 30.2 Å². The van der Waals surface area contributed by atoms with Crippen molar-refractivity contribution in [1.82, 2.24) is 10.3 Å². The molecular weight excluding hydrogens is 306 g/mol. The molecular formula is C18H23N3OS. The van der Waals surface area contributed by atoms with Crippen LogP contribution in [0.25, 0.3) is 10.4 Å². The van der Waals surface area contributed by atoms with Gasteiger partial charge in [-0.2, -0.15) is 0 Å². The Morgan fingerprint density at radius 3 is 2.74 bits per heavy atom. The van der Waals surface area contributed by atoms with Crippen molar-refractivity contribution in [2.45, 2.75) is 45.2 Å². The first kappa shape index (κ1) is 16.1. The number of carbonyl (C=O) groups excluding carboxylic acids is 1. The molecule has 5 heteroatoms. The lowest BCUT2D eigenvalue weighted by molar-refractivity contribution is 0.0838. The van der Waals surface area contributed by atoms with Gasteiger partial charge in [0.15, 0.2) is 5.01 Å². The molecule has 0 bridgehead atoms. The van der Waals surface area contributed by atoms with Gasteiger partial charge in [-0.15, -0.1) is 11.3 Å². The molecule has 1 heterocycles. The molecule has 1 aromatic heterocycles. The van der Waals surface area contributed by atoms with Crippen LogP contribution in [0.2, 0.25) is 0 Å². The van der Waals surface area contributed by atoms with E-state index in [1.54, 1.807) is 6.20 Å². The number of thiazole rings is 1. The second kappa shape index (κ2) is 6.42. The average molecular weight is 329 g/mol. The number of aromatic nitrogens is 1. The zero-order valence-electron chi connectivity index (χ0n) is 13.6. The third-order valence-electron chi connectivity index (χ3n) is 4.62. The highest BCUT2D eigenvalue weighted by molar-refractivity contribution is 7.16. The maximum Gasteiger partial charge on any atom is 0.280 e. The Labute approximate surface area is 141 Å². The quantitative estimate of drug-likeness (QED) is 0.906. The Morgan fingerprint density at radius 2 is 2.04 bits per heavy atom. The second-order valence-electron chi connectivity index (χ2n) is 6.95. The monoisotopic (exact) mass is 329 g/mol. The number of nitrogens with one attached hydrogen (secondary N) is 1. The number of hydrogen-bond acceptors (Lipinski definition) is 4. The summed E-state index contributed by atoms with van der Waals surface area (Å²) in [6.07, 6.45) is 4.60. The Balaban J connectivity index is 1.71. The smallest absolute Gasteiger partial charge is 0.280 e. The van der Waals surface area contributed by atoms with E-state index in [-0.39, 0.29) is 23.4 Å². The van der Waals surface area contributed by atoms with Crippen molar-refractivity contribution in [2.24, 2.45) is 11.1 Å². The zero-order valence-corrected chi connectivity index (χ0v) is 14.4. The van der Waals surface area contributed by atoms with Crippen LogP contribution in [-0.2, 0) is 0 Å². The van der Waals surface area contributed by atoms with Crippen LogP contribution in [-0.4, -0.2) is 23.0 Å². The first-order valence-electron chi connectivity index (χ1n) is 8.03. The molecule has 2 aromatic rings. The van der Waals surface area contributed by atoms with E-state index in [1.807, 2.05) is 30.3 Å². The lowest BCUT2D eigenvalue weighted by Crippen LogP contribution is -2.51. The summed E-state index contributed by atoms with van der Waals surface area (Å²) in [6.45, 7) is 4.35. The number of nitrogens with zero attached hydrogens (tertiary/aromatic N) is 1. The topological polar surface area (TPSA) is 68.0 Å². The Morgan fingerprint density at radius 1 is 1.30 bits per heavy atom. The fourth-order valence-corrected chi connectivity index (χ4v) is 4.12. The molecule has 23 heavy (non-hydrogen) atoms. The van der Waals surface area contributed by atoms with Crippen molar-refractivity contribution in [3.8, 4) is 10.4 Å². The van der Waals surface area contributed by atoms with E-state index in [0.717, 1.165) is 29.7 Å². The molecule has 0 spiro atoms. The number of carbonyl (C=O) groups is 1. The normalized spacial score (nSPS) is 23.4. The summed E-state index contributed by atoms with van der Waals surface area (Å²) in [5.41, 5.74) is 7.17. The molecule has 0 radical (unpaired) electrons. The van der Waals surface area contributed by atoms with Crippen LogP contribution in [0, 0.1) is 5.41 Å². The highest BCUT2D eigenvalue weighted by atomic mass is 32.1. The molecule has 122 valence electrons. The van der Waals surface area contributed by atoms with Crippen molar-refractivity contribution in [1.29, 1.82) is 0 Å². The van der Waals surface area contributed by atoms with Crippen LogP contribution >= 0.6 is 11.3 Å². The fourth-order valence-electron chi connectivity index (χ4n) is 3.29. The van der Waals surface area contributed by atoms with Gasteiger partial charge in [0, 0.05) is 18.3 Å². The van der Waals surface area contributed by atoms with Gasteiger partial charge in [0.1, 0.15) is 0 Å². The zero-order chi connectivity index (χ0) is 16.4. The Kier molecular flexibility index (Phi) is 4.50. The van der Waals surface area contributed by atoms with E-state index in [9.17, 15) is 4.79 Å². The fraction of sp³-hybridized carbons (Fsp3) is 0.444. The number of benzene rings is 1. The SMILES string of the molecule is CC1(C)CC(N)CCC1NC(=O)c1ncc(-c2ccccc2)s1. The molecule has 1 saturated carbocycles. The molecule has 0 saturated heterocycles. The van der Waals surface area contributed by atoms with Crippen molar-refractivity contribution < 1.29 is 4.79 Å². The summed E-state index contributed by atoms with van der Waals surface area (Å²) in [5.74, 6) is -0.0780. The molecule has 1 fully saturated rings. The predicted octanol–water partition coefficient (Wildman–Crippen LogP) is 3.45. The van der Waals surface area contributed by atoms with Gasteiger partial charge in [0.25, 0.3) is 5.91 Å². The van der Waals surface area contributed by atoms with Gasteiger partial charge < -0.3 is 11.1 Å². The lowest BCUT2D eigenvalue weighted by atomic mass is 9.71. The summed E-state index contributed by atoms with van der Waals surface area (Å²) in [7, 11) is 0. The van der Waals surface area contributed by atoms with Crippen LogP contribution < -0.4 is 11.1 Å². The third-order valence-corrected chi connectivity index (χ3v) is 5.67. The minimum atomic E-state index is -0.0780. The molecule has 1 aliphatic rings. The van der Waals surface area contributed by atoms with Crippen molar-refractivity contribution in [3.63, 3.8) is 0 Å². The van der Waals surface area contributed by atoms with E-state index < -0.39 is 0 Å². The molecule has 3 rings (SSSR count). The number of rotatable bonds is 3. The van der Waals surface area contributed by atoms with Gasteiger partial charge in [-0.3, -0.25) is 4.79 Å². The van der Waals surface area contributed by atoms with Gasteiger partial charge in [-0.1, -0.05) is 44.2 Å². The molecule has 3 N–H and O–H groups in total. The minimum absolute atomic E-state index is 0.0207. The average Bonchev–Trinajstić information content (AvgIpc) is 3.00. The highest BCUT2D eigenvalue weighted by Gasteiger charge is 2.36. The molecule has 1 amide bonds. The van der Waals surface area contributed by atoms with Crippen LogP contribution in [0.15, 0.2) is 36.5 Å². The van der Waals surface area contributed by atoms with E-state index >= 15 is 0 Å². The summed E-state index contributed by atoms with van der Waals surface area (Å²) in [4.78, 5) is 17.8. The minimum Gasteiger partial charge on any atom is -0.347 e. The summed E-state index contributed by atoms with van der Waals surface area (Å²) in [5, 5.41) is 3.69. The van der Waals surface area contributed by atoms with Crippen LogP contribution in [0.3, 0.4) is 0 Å². The van der Waals surface area contributed by atoms with E-state index in [2.05, 4.69) is 24.1 Å².